The Morgan fingerprint density at radius 2 is 1.90 bits per heavy atom. The highest BCUT2D eigenvalue weighted by Crippen LogP contribution is 2.45. The molecule has 0 aliphatic heterocycles. The highest BCUT2D eigenvalue weighted by molar-refractivity contribution is 5.68. The molecule has 2 aliphatic rings. The van der Waals surface area contributed by atoms with Crippen molar-refractivity contribution in [3.63, 3.8) is 0 Å². The van der Waals surface area contributed by atoms with Crippen molar-refractivity contribution in [2.24, 2.45) is 11.8 Å². The van der Waals surface area contributed by atoms with Crippen LogP contribution in [-0.4, -0.2) is 18.2 Å². The molecule has 4 heteroatoms. The lowest BCUT2D eigenvalue weighted by atomic mass is 9.78. The molecule has 0 saturated heterocycles. The molecule has 31 heavy (non-hydrogen) atoms. The predicted octanol–water partition coefficient (Wildman–Crippen LogP) is 6.79. The minimum atomic E-state index is -0.720. The number of allylic oxidation sites excluding steroid dienone is 1. The molecule has 0 bridgehead atoms. The van der Waals surface area contributed by atoms with E-state index in [2.05, 4.69) is 30.4 Å². The number of carboxylic acid groups (broad SMARTS) is 1. The molecule has 0 amide bonds. The number of methoxy groups -OCH3 is 1. The van der Waals surface area contributed by atoms with Crippen LogP contribution in [0.4, 0.5) is 4.39 Å². The highest BCUT2D eigenvalue weighted by atomic mass is 19.1. The van der Waals surface area contributed by atoms with Crippen LogP contribution in [0.3, 0.4) is 0 Å². The number of halogens is 1. The van der Waals surface area contributed by atoms with E-state index in [-0.39, 0.29) is 24.1 Å². The second kappa shape index (κ2) is 9.67. The number of rotatable bonds is 8. The molecule has 0 aromatic heterocycles. The van der Waals surface area contributed by atoms with Gasteiger partial charge in [-0.3, -0.25) is 4.79 Å². The molecule has 2 aliphatic carbocycles. The molecule has 4 rings (SSSR count). The zero-order chi connectivity index (χ0) is 21.8. The van der Waals surface area contributed by atoms with Gasteiger partial charge in [0.1, 0.15) is 11.6 Å². The van der Waals surface area contributed by atoms with Crippen LogP contribution < -0.4 is 4.74 Å². The molecular weight excluding hydrogens is 391 g/mol. The summed E-state index contributed by atoms with van der Waals surface area (Å²) < 4.78 is 19.6. The summed E-state index contributed by atoms with van der Waals surface area (Å²) in [6.07, 6.45) is 11.0. The second-order valence-corrected chi connectivity index (χ2v) is 9.07. The van der Waals surface area contributed by atoms with Crippen molar-refractivity contribution in [2.75, 3.05) is 7.11 Å². The SMILES string of the molecule is COc1ccc(F)c(C2CCC(/C=C/c3cccc(C(CC(=O)O)C4CC4)c3)CC2)c1. The van der Waals surface area contributed by atoms with E-state index in [0.717, 1.165) is 55.2 Å². The van der Waals surface area contributed by atoms with Crippen LogP contribution in [-0.2, 0) is 4.79 Å². The quantitative estimate of drug-likeness (QED) is 0.509. The van der Waals surface area contributed by atoms with Crippen LogP contribution >= 0.6 is 0 Å². The van der Waals surface area contributed by atoms with Crippen LogP contribution in [0, 0.1) is 17.7 Å². The van der Waals surface area contributed by atoms with Crippen LogP contribution in [0.5, 0.6) is 5.75 Å². The molecule has 2 fully saturated rings. The monoisotopic (exact) mass is 422 g/mol. The van der Waals surface area contributed by atoms with Crippen molar-refractivity contribution in [2.45, 2.75) is 56.8 Å². The average Bonchev–Trinajstić information content (AvgIpc) is 3.62. The Bertz CT molecular complexity index is 939. The van der Waals surface area contributed by atoms with Crippen molar-refractivity contribution >= 4 is 12.0 Å². The van der Waals surface area contributed by atoms with Crippen LogP contribution in [0.15, 0.2) is 48.5 Å². The number of carboxylic acids is 1. The van der Waals surface area contributed by atoms with E-state index >= 15 is 0 Å². The molecule has 0 radical (unpaired) electrons. The summed E-state index contributed by atoms with van der Waals surface area (Å²) in [7, 11) is 1.61. The molecule has 1 N–H and O–H groups in total. The Morgan fingerprint density at radius 1 is 1.13 bits per heavy atom. The Hall–Kier alpha value is -2.62. The number of hydrogen-bond donors (Lipinski definition) is 1. The highest BCUT2D eigenvalue weighted by Gasteiger charge is 2.33. The first-order chi connectivity index (χ1) is 15.0. The number of aliphatic carboxylic acids is 1. The second-order valence-electron chi connectivity index (χ2n) is 9.07. The van der Waals surface area contributed by atoms with Gasteiger partial charge in [0.15, 0.2) is 0 Å². The fourth-order valence-electron chi connectivity index (χ4n) is 4.97. The topological polar surface area (TPSA) is 46.5 Å². The van der Waals surface area contributed by atoms with Crippen molar-refractivity contribution in [1.29, 1.82) is 0 Å². The fourth-order valence-corrected chi connectivity index (χ4v) is 4.97. The molecule has 2 saturated carbocycles. The first-order valence-corrected chi connectivity index (χ1v) is 11.4. The van der Waals surface area contributed by atoms with Crippen LogP contribution in [0.25, 0.3) is 6.08 Å². The lowest BCUT2D eigenvalue weighted by Crippen LogP contribution is -2.13. The summed E-state index contributed by atoms with van der Waals surface area (Å²) in [4.78, 5) is 11.3. The zero-order valence-corrected chi connectivity index (χ0v) is 18.1. The third-order valence-corrected chi connectivity index (χ3v) is 6.90. The summed E-state index contributed by atoms with van der Waals surface area (Å²) >= 11 is 0. The summed E-state index contributed by atoms with van der Waals surface area (Å²) in [5.74, 6) is 1.24. The van der Waals surface area contributed by atoms with Gasteiger partial charge in [-0.15, -0.1) is 0 Å². The van der Waals surface area contributed by atoms with Gasteiger partial charge >= 0.3 is 5.97 Å². The predicted molar refractivity (Wildman–Crippen MR) is 121 cm³/mol. The van der Waals surface area contributed by atoms with Gasteiger partial charge in [-0.05, 0) is 97.1 Å². The molecule has 164 valence electrons. The summed E-state index contributed by atoms with van der Waals surface area (Å²) in [5.41, 5.74) is 3.05. The third-order valence-electron chi connectivity index (χ3n) is 6.90. The Kier molecular flexibility index (Phi) is 6.74. The van der Waals surface area contributed by atoms with Crippen molar-refractivity contribution < 1.29 is 19.0 Å². The number of hydrogen-bond acceptors (Lipinski definition) is 2. The molecule has 2 aromatic carbocycles. The summed E-state index contributed by atoms with van der Waals surface area (Å²) in [5, 5.41) is 9.27. The Morgan fingerprint density at radius 3 is 2.58 bits per heavy atom. The van der Waals surface area contributed by atoms with Gasteiger partial charge in [0, 0.05) is 0 Å². The van der Waals surface area contributed by atoms with E-state index in [1.807, 2.05) is 12.1 Å². The minimum absolute atomic E-state index is 0.124. The van der Waals surface area contributed by atoms with Crippen molar-refractivity contribution in [1.82, 2.24) is 0 Å². The van der Waals surface area contributed by atoms with E-state index in [9.17, 15) is 14.3 Å². The van der Waals surface area contributed by atoms with E-state index < -0.39 is 5.97 Å². The molecule has 2 aromatic rings. The molecule has 0 spiro atoms. The largest absolute Gasteiger partial charge is 0.497 e. The van der Waals surface area contributed by atoms with Crippen LogP contribution in [0.2, 0.25) is 0 Å². The molecule has 1 atom stereocenters. The van der Waals surface area contributed by atoms with E-state index in [0.29, 0.717) is 17.6 Å². The molecular formula is C27H31FO3. The maximum Gasteiger partial charge on any atom is 0.303 e. The number of carbonyl (C=O) groups is 1. The smallest absolute Gasteiger partial charge is 0.303 e. The van der Waals surface area contributed by atoms with Crippen LogP contribution in [0.1, 0.15) is 73.5 Å². The van der Waals surface area contributed by atoms with Crippen molar-refractivity contribution in [3.05, 3.63) is 71.0 Å². The molecule has 0 heterocycles. The lowest BCUT2D eigenvalue weighted by molar-refractivity contribution is -0.137. The maximum absolute atomic E-state index is 14.3. The van der Waals surface area contributed by atoms with Gasteiger partial charge in [0.05, 0.1) is 13.5 Å². The van der Waals surface area contributed by atoms with E-state index in [1.54, 1.807) is 13.2 Å². The van der Waals surface area contributed by atoms with E-state index in [1.165, 1.54) is 6.07 Å². The summed E-state index contributed by atoms with van der Waals surface area (Å²) in [6.45, 7) is 0. The van der Waals surface area contributed by atoms with Gasteiger partial charge in [0.25, 0.3) is 0 Å². The van der Waals surface area contributed by atoms with Gasteiger partial charge in [-0.2, -0.15) is 0 Å². The normalized spacial score (nSPS) is 22.4. The average molecular weight is 423 g/mol. The zero-order valence-electron chi connectivity index (χ0n) is 18.1. The Balaban J connectivity index is 1.38. The van der Waals surface area contributed by atoms with Gasteiger partial charge in [-0.25, -0.2) is 4.39 Å². The van der Waals surface area contributed by atoms with Gasteiger partial charge < -0.3 is 9.84 Å². The standard InChI is InChI=1S/C27H31FO3/c1-31-23-13-14-26(28)25(16-23)21-9-7-18(8-10-21)5-6-19-3-2-4-22(15-19)24(17-27(29)30)20-11-12-20/h2-6,13-16,18,20-21,24H,7-12,17H2,1H3,(H,29,30)/b6-5+. The van der Waals surface area contributed by atoms with Gasteiger partial charge in [-0.1, -0.05) is 36.4 Å². The third kappa shape index (κ3) is 5.55. The Labute approximate surface area is 183 Å². The van der Waals surface area contributed by atoms with E-state index in [4.69, 9.17) is 4.74 Å². The first kappa shape index (κ1) is 21.6. The maximum atomic E-state index is 14.3. The van der Waals surface area contributed by atoms with Gasteiger partial charge in [0.2, 0.25) is 0 Å². The fraction of sp³-hybridized carbons (Fsp3) is 0.444. The lowest BCUT2D eigenvalue weighted by Gasteiger charge is -2.27. The summed E-state index contributed by atoms with van der Waals surface area (Å²) in [6, 6.07) is 13.4. The number of ether oxygens (including phenoxy) is 1. The molecule has 3 nitrogen and oxygen atoms in total. The molecule has 1 unspecified atom stereocenters. The minimum Gasteiger partial charge on any atom is -0.497 e. The van der Waals surface area contributed by atoms with Crippen molar-refractivity contribution in [3.8, 4) is 5.75 Å². The number of benzene rings is 2. The first-order valence-electron chi connectivity index (χ1n) is 11.4.